The number of benzene rings is 2. The van der Waals surface area contributed by atoms with Gasteiger partial charge >= 0.3 is 11.9 Å². The first-order chi connectivity index (χ1) is 17.0. The number of carboxylic acid groups (broad SMARTS) is 1. The van der Waals surface area contributed by atoms with Crippen LogP contribution in [0.2, 0.25) is 0 Å². The fourth-order valence-electron chi connectivity index (χ4n) is 2.98. The Balaban J connectivity index is 0.000000141. The molecule has 2 saturated heterocycles. The van der Waals surface area contributed by atoms with Gasteiger partial charge in [0.1, 0.15) is 12.7 Å². The number of aromatic carboxylic acids is 1. The van der Waals surface area contributed by atoms with Gasteiger partial charge in [0.15, 0.2) is 0 Å². The van der Waals surface area contributed by atoms with E-state index in [-0.39, 0.29) is 12.1 Å². The molecule has 0 bridgehead atoms. The Kier molecular flexibility index (Phi) is 8.20. The molecule has 2 aliphatic heterocycles. The summed E-state index contributed by atoms with van der Waals surface area (Å²) >= 11 is 5.27. The predicted octanol–water partition coefficient (Wildman–Crippen LogP) is 4.35. The number of rotatable bonds is 5. The summed E-state index contributed by atoms with van der Waals surface area (Å²) in [7, 11) is 0. The Morgan fingerprint density at radius 2 is 1.43 bits per heavy atom. The molecular weight excluding hydrogens is 472 g/mol. The molecular formula is C26H23ClN2O6. The second-order valence-corrected chi connectivity index (χ2v) is 8.10. The molecule has 0 amide bonds. The molecule has 180 valence electrons. The molecule has 1 N–H and O–H groups in total. The van der Waals surface area contributed by atoms with E-state index in [0.717, 1.165) is 28.4 Å². The van der Waals surface area contributed by atoms with E-state index in [9.17, 15) is 9.59 Å². The number of aromatic nitrogens is 2. The lowest BCUT2D eigenvalue weighted by Gasteiger charge is -2.03. The average Bonchev–Trinajstić information content (AvgIpc) is 3.82. The molecule has 2 unspecified atom stereocenters. The fourth-order valence-corrected chi connectivity index (χ4v) is 3.16. The van der Waals surface area contributed by atoms with Crippen LogP contribution in [0.25, 0.3) is 21.8 Å². The zero-order valence-corrected chi connectivity index (χ0v) is 19.4. The summed E-state index contributed by atoms with van der Waals surface area (Å²) in [6, 6.07) is 17.6. The smallest absolute Gasteiger partial charge is 0.338 e. The molecule has 6 rings (SSSR count). The largest absolute Gasteiger partial charge is 0.478 e. The SMILES string of the molecule is ClCC1CO1.O=C(O)c1ccc2ncccc2c1.O=C(OCC1CO1)c1ccc2ncccc2c1. The fraction of sp³-hybridized carbons (Fsp3) is 0.231. The lowest BCUT2D eigenvalue weighted by molar-refractivity contribution is 0.0476. The molecule has 2 atom stereocenters. The molecule has 4 aromatic rings. The molecule has 2 aliphatic rings. The number of carbonyl (C=O) groups excluding carboxylic acids is 1. The highest BCUT2D eigenvalue weighted by Gasteiger charge is 2.24. The van der Waals surface area contributed by atoms with Crippen molar-refractivity contribution < 1.29 is 28.9 Å². The van der Waals surface area contributed by atoms with E-state index in [0.29, 0.717) is 36.3 Å². The first kappa shape index (κ1) is 24.5. The van der Waals surface area contributed by atoms with Gasteiger partial charge in [0, 0.05) is 23.2 Å². The van der Waals surface area contributed by atoms with E-state index >= 15 is 0 Å². The molecule has 0 spiro atoms. The van der Waals surface area contributed by atoms with E-state index < -0.39 is 5.97 Å². The van der Waals surface area contributed by atoms with Gasteiger partial charge in [-0.3, -0.25) is 9.97 Å². The third-order valence-electron chi connectivity index (χ3n) is 5.07. The number of epoxide rings is 2. The number of carboxylic acids is 1. The van der Waals surface area contributed by atoms with Crippen molar-refractivity contribution in [2.75, 3.05) is 25.7 Å². The summed E-state index contributed by atoms with van der Waals surface area (Å²) in [5.41, 5.74) is 2.52. The zero-order chi connectivity index (χ0) is 24.6. The molecule has 2 fully saturated rings. The number of alkyl halides is 1. The maximum absolute atomic E-state index is 11.7. The van der Waals surface area contributed by atoms with Crippen molar-refractivity contribution in [3.63, 3.8) is 0 Å². The van der Waals surface area contributed by atoms with E-state index in [1.165, 1.54) is 0 Å². The van der Waals surface area contributed by atoms with Crippen molar-refractivity contribution in [2.24, 2.45) is 0 Å². The average molecular weight is 495 g/mol. The molecule has 0 radical (unpaired) electrons. The molecule has 0 saturated carbocycles. The summed E-state index contributed by atoms with van der Waals surface area (Å²) in [6.07, 6.45) is 3.91. The zero-order valence-electron chi connectivity index (χ0n) is 18.7. The van der Waals surface area contributed by atoms with Crippen molar-refractivity contribution in [1.29, 1.82) is 0 Å². The van der Waals surface area contributed by atoms with Crippen LogP contribution in [0.1, 0.15) is 20.7 Å². The first-order valence-electron chi connectivity index (χ1n) is 10.9. The minimum Gasteiger partial charge on any atom is -0.478 e. The normalized spacial score (nSPS) is 17.4. The second kappa shape index (κ2) is 11.7. The highest BCUT2D eigenvalue weighted by atomic mass is 35.5. The van der Waals surface area contributed by atoms with Gasteiger partial charge in [-0.15, -0.1) is 11.6 Å². The van der Waals surface area contributed by atoms with Crippen LogP contribution in [0.4, 0.5) is 0 Å². The quantitative estimate of drug-likeness (QED) is 0.247. The predicted molar refractivity (Wildman–Crippen MR) is 131 cm³/mol. The highest BCUT2D eigenvalue weighted by Crippen LogP contribution is 2.16. The van der Waals surface area contributed by atoms with E-state index in [1.807, 2.05) is 24.3 Å². The maximum Gasteiger partial charge on any atom is 0.338 e. The number of carbonyl (C=O) groups is 2. The van der Waals surface area contributed by atoms with E-state index in [4.69, 9.17) is 30.9 Å². The van der Waals surface area contributed by atoms with Crippen molar-refractivity contribution in [1.82, 2.24) is 9.97 Å². The Labute approximate surface area is 206 Å². The third kappa shape index (κ3) is 7.45. The standard InChI is InChI=1S/C13H11NO3.C10H7NO2.C3H5ClO/c15-13(17-8-11-7-16-11)10-3-4-12-9(6-10)2-1-5-14-12;12-10(13)8-3-4-9-7(6-8)2-1-5-11-9;4-1-3-2-5-3/h1-6,11H,7-8H2;1-6H,(H,12,13);3H,1-2H2. The number of esters is 1. The van der Waals surface area contributed by atoms with Crippen LogP contribution in [0.5, 0.6) is 0 Å². The number of ether oxygens (including phenoxy) is 3. The molecule has 9 heteroatoms. The minimum atomic E-state index is -0.911. The van der Waals surface area contributed by atoms with Crippen molar-refractivity contribution in [2.45, 2.75) is 12.2 Å². The van der Waals surface area contributed by atoms with Crippen LogP contribution >= 0.6 is 11.6 Å². The van der Waals surface area contributed by atoms with Gasteiger partial charge in [0.25, 0.3) is 0 Å². The Bertz CT molecular complexity index is 1320. The van der Waals surface area contributed by atoms with Gasteiger partial charge in [-0.05, 0) is 48.5 Å². The van der Waals surface area contributed by atoms with Crippen LogP contribution < -0.4 is 0 Å². The van der Waals surface area contributed by atoms with Gasteiger partial charge in [-0.2, -0.15) is 0 Å². The topological polar surface area (TPSA) is 114 Å². The second-order valence-electron chi connectivity index (χ2n) is 7.79. The molecule has 35 heavy (non-hydrogen) atoms. The summed E-state index contributed by atoms with van der Waals surface area (Å²) in [5, 5.41) is 10.5. The van der Waals surface area contributed by atoms with Gasteiger partial charge in [-0.25, -0.2) is 9.59 Å². The minimum absolute atomic E-state index is 0.0982. The Morgan fingerprint density at radius 1 is 0.886 bits per heavy atom. The van der Waals surface area contributed by atoms with Gasteiger partial charge < -0.3 is 19.3 Å². The number of hydrogen-bond donors (Lipinski definition) is 1. The number of pyridine rings is 2. The summed E-state index contributed by atoms with van der Waals surface area (Å²) in [6.45, 7) is 1.91. The number of hydrogen-bond acceptors (Lipinski definition) is 7. The van der Waals surface area contributed by atoms with E-state index in [1.54, 1.807) is 48.8 Å². The van der Waals surface area contributed by atoms with Crippen LogP contribution in [0.15, 0.2) is 73.1 Å². The van der Waals surface area contributed by atoms with Gasteiger partial charge in [-0.1, -0.05) is 12.1 Å². The highest BCUT2D eigenvalue weighted by molar-refractivity contribution is 6.18. The Hall–Kier alpha value is -3.59. The maximum atomic E-state index is 11.7. The lowest BCUT2D eigenvalue weighted by Crippen LogP contribution is -2.09. The summed E-state index contributed by atoms with van der Waals surface area (Å²) in [5.74, 6) is -0.558. The first-order valence-corrected chi connectivity index (χ1v) is 11.5. The lowest BCUT2D eigenvalue weighted by atomic mass is 10.1. The summed E-state index contributed by atoms with van der Waals surface area (Å²) < 4.78 is 14.8. The van der Waals surface area contributed by atoms with E-state index in [2.05, 4.69) is 9.97 Å². The monoisotopic (exact) mass is 494 g/mol. The van der Waals surface area contributed by atoms with Crippen molar-refractivity contribution >= 4 is 45.3 Å². The Morgan fingerprint density at radius 3 is 1.91 bits per heavy atom. The third-order valence-corrected chi connectivity index (χ3v) is 5.41. The van der Waals surface area contributed by atoms with Crippen molar-refractivity contribution in [3.8, 4) is 0 Å². The number of nitrogens with zero attached hydrogens (tertiary/aromatic N) is 2. The van der Waals surface area contributed by atoms with Crippen molar-refractivity contribution in [3.05, 3.63) is 84.2 Å². The summed E-state index contributed by atoms with van der Waals surface area (Å²) in [4.78, 5) is 30.6. The molecule has 2 aromatic carbocycles. The number of halogens is 1. The number of fused-ring (bicyclic) bond motifs is 2. The van der Waals surface area contributed by atoms with Gasteiger partial charge in [0.05, 0.1) is 47.4 Å². The van der Waals surface area contributed by atoms with Crippen LogP contribution in [-0.2, 0) is 14.2 Å². The van der Waals surface area contributed by atoms with Crippen LogP contribution in [0, 0.1) is 0 Å². The van der Waals surface area contributed by atoms with Crippen LogP contribution in [0.3, 0.4) is 0 Å². The van der Waals surface area contributed by atoms with Gasteiger partial charge in [0.2, 0.25) is 0 Å². The molecule has 0 aliphatic carbocycles. The molecule has 8 nitrogen and oxygen atoms in total. The molecule has 2 aromatic heterocycles. The van der Waals surface area contributed by atoms with Crippen LogP contribution in [-0.4, -0.2) is 64.9 Å². The molecule has 4 heterocycles.